The molecule has 14 heteroatoms. The Morgan fingerprint density at radius 3 is 2.44 bits per heavy atom. The van der Waals surface area contributed by atoms with E-state index in [1.165, 1.54) is 27.0 Å². The van der Waals surface area contributed by atoms with Gasteiger partial charge in [-0.3, -0.25) is 14.3 Å². The normalized spacial score (nSPS) is 28.2. The van der Waals surface area contributed by atoms with Crippen molar-refractivity contribution in [1.82, 2.24) is 9.55 Å². The first-order chi connectivity index (χ1) is 14.8. The highest BCUT2D eigenvalue weighted by molar-refractivity contribution is 7.52. The van der Waals surface area contributed by atoms with Gasteiger partial charge in [-0.1, -0.05) is 21.4 Å². The summed E-state index contributed by atoms with van der Waals surface area (Å²) in [4.78, 5) is 61.4. The van der Waals surface area contributed by atoms with Crippen LogP contribution in [-0.4, -0.2) is 46.3 Å². The fourth-order valence-corrected chi connectivity index (χ4v) is 4.76. The number of rotatable bonds is 10. The van der Waals surface area contributed by atoms with E-state index in [2.05, 4.69) is 4.98 Å². The lowest BCUT2D eigenvalue weighted by atomic mass is 10.1. The Morgan fingerprint density at radius 2 is 1.88 bits per heavy atom. The number of hydrogen-bond donors (Lipinski definition) is 1. The third kappa shape index (κ3) is 6.27. The predicted octanol–water partition coefficient (Wildman–Crippen LogP) is -0.812. The van der Waals surface area contributed by atoms with Gasteiger partial charge in [0, 0.05) is 17.4 Å². The van der Waals surface area contributed by atoms with Crippen LogP contribution in [-0.2, 0) is 23.1 Å². The fourth-order valence-electron chi connectivity index (χ4n) is 3.35. The molecule has 5 atom stereocenters. The standard InChI is InChI=1S/C18H30N2O10P2/c1-10(2)32(26,27)30-14-13(6-7-31(23,24)25)29-17(15(14)28-9-12-4-5-12)20-8-11(3)16(21)19-18(20)22/h8,10,12-15,17H,4-7,9H2,1-3H3,(H,26,27)(H,19,21,22)(H2,23,24,25)/p-3. The summed E-state index contributed by atoms with van der Waals surface area (Å²) >= 11 is 0. The highest BCUT2D eigenvalue weighted by Crippen LogP contribution is 2.49. The minimum atomic E-state index is -4.91. The zero-order valence-electron chi connectivity index (χ0n) is 18.0. The number of aryl methyl sites for hydroxylation is 1. The maximum atomic E-state index is 12.5. The van der Waals surface area contributed by atoms with Crippen LogP contribution in [0.2, 0.25) is 0 Å². The summed E-state index contributed by atoms with van der Waals surface area (Å²) in [7, 11) is -9.32. The summed E-state index contributed by atoms with van der Waals surface area (Å²) in [5, 5.41) is 0. The first-order valence-electron chi connectivity index (χ1n) is 10.4. The van der Waals surface area contributed by atoms with Gasteiger partial charge >= 0.3 is 5.69 Å². The van der Waals surface area contributed by atoms with Crippen LogP contribution in [0.3, 0.4) is 0 Å². The molecule has 1 saturated carbocycles. The Balaban J connectivity index is 1.99. The summed E-state index contributed by atoms with van der Waals surface area (Å²) in [5.41, 5.74) is -2.08. The van der Waals surface area contributed by atoms with Crippen molar-refractivity contribution in [3.8, 4) is 0 Å². The summed E-state index contributed by atoms with van der Waals surface area (Å²) in [6, 6.07) is 0. The maximum absolute atomic E-state index is 12.5. The zero-order valence-corrected chi connectivity index (χ0v) is 19.8. The molecule has 0 amide bonds. The molecule has 12 nitrogen and oxygen atoms in total. The van der Waals surface area contributed by atoms with Crippen molar-refractivity contribution in [3.05, 3.63) is 32.6 Å². The van der Waals surface area contributed by atoms with Crippen LogP contribution >= 0.6 is 15.2 Å². The third-order valence-corrected chi connectivity index (χ3v) is 8.12. The van der Waals surface area contributed by atoms with Gasteiger partial charge in [-0.15, -0.1) is 0 Å². The summed E-state index contributed by atoms with van der Waals surface area (Å²) in [6.07, 6.45) is -2.73. The first-order valence-corrected chi connectivity index (χ1v) is 13.7. The van der Waals surface area contributed by atoms with E-state index in [-0.39, 0.29) is 24.5 Å². The molecule has 0 bridgehead atoms. The molecule has 1 N–H and O–H groups in total. The van der Waals surface area contributed by atoms with E-state index in [1.807, 2.05) is 0 Å². The molecule has 5 unspecified atom stereocenters. The Bertz CT molecular complexity index is 1030. The molecule has 1 saturated heterocycles. The molecule has 0 radical (unpaired) electrons. The number of nitrogens with zero attached hydrogens (tertiary/aromatic N) is 1. The molecule has 1 aromatic heterocycles. The second kappa shape index (κ2) is 9.64. The molecule has 2 fully saturated rings. The van der Waals surface area contributed by atoms with E-state index in [0.717, 1.165) is 17.4 Å². The number of ether oxygens (including phenoxy) is 2. The summed E-state index contributed by atoms with van der Waals surface area (Å²) in [5.74, 6) is 0.275. The molecule has 182 valence electrons. The van der Waals surface area contributed by atoms with Crippen molar-refractivity contribution < 1.29 is 37.8 Å². The maximum Gasteiger partial charge on any atom is 0.330 e. The van der Waals surface area contributed by atoms with Crippen molar-refractivity contribution in [3.63, 3.8) is 0 Å². The average molecular weight is 493 g/mol. The summed E-state index contributed by atoms with van der Waals surface area (Å²) < 4.78 is 42.0. The van der Waals surface area contributed by atoms with Crippen molar-refractivity contribution in [2.45, 2.75) is 70.2 Å². The second-order valence-electron chi connectivity index (χ2n) is 8.61. The van der Waals surface area contributed by atoms with Crippen LogP contribution < -0.4 is 25.9 Å². The van der Waals surface area contributed by atoms with E-state index in [9.17, 15) is 33.4 Å². The second-order valence-corrected chi connectivity index (χ2v) is 12.6. The highest BCUT2D eigenvalue weighted by Gasteiger charge is 2.49. The molecule has 0 aromatic carbocycles. The van der Waals surface area contributed by atoms with Gasteiger partial charge in [0.25, 0.3) is 5.56 Å². The van der Waals surface area contributed by atoms with Crippen LogP contribution in [0.15, 0.2) is 15.8 Å². The van der Waals surface area contributed by atoms with Gasteiger partial charge in [-0.25, -0.2) is 4.79 Å². The van der Waals surface area contributed by atoms with Gasteiger partial charge in [0.2, 0.25) is 0 Å². The Hall–Kier alpha value is -1.10. The zero-order chi connectivity index (χ0) is 23.8. The van der Waals surface area contributed by atoms with Crippen LogP contribution in [0.25, 0.3) is 0 Å². The SMILES string of the molecule is Cc1cn(C2OC(CCP(=O)([O-])[O-])C(OP(=O)([O-])C(C)C)C2OCC2CC2)c(=O)[nH]c1=O. The molecule has 32 heavy (non-hydrogen) atoms. The molecular formula is C18H27N2O10P2-3. The van der Waals surface area contributed by atoms with Crippen LogP contribution in [0.4, 0.5) is 0 Å². The van der Waals surface area contributed by atoms with E-state index in [1.54, 1.807) is 0 Å². The van der Waals surface area contributed by atoms with Crippen molar-refractivity contribution in [2.24, 2.45) is 5.92 Å². The van der Waals surface area contributed by atoms with Crippen LogP contribution in [0, 0.1) is 12.8 Å². The molecule has 2 heterocycles. The van der Waals surface area contributed by atoms with Crippen LogP contribution in [0.5, 0.6) is 0 Å². The number of hydrogen-bond acceptors (Lipinski definition) is 10. The smallest absolute Gasteiger partial charge is 0.330 e. The van der Waals surface area contributed by atoms with Crippen molar-refractivity contribution in [2.75, 3.05) is 12.8 Å². The first kappa shape index (κ1) is 25.5. The Kier molecular flexibility index (Phi) is 7.69. The Labute approximate surface area is 184 Å². The largest absolute Gasteiger partial charge is 0.811 e. The van der Waals surface area contributed by atoms with Crippen molar-refractivity contribution in [1.29, 1.82) is 0 Å². The van der Waals surface area contributed by atoms with Gasteiger partial charge in [-0.05, 0) is 38.3 Å². The van der Waals surface area contributed by atoms with Crippen LogP contribution in [0.1, 0.15) is 44.9 Å². The molecule has 1 aromatic rings. The predicted molar refractivity (Wildman–Crippen MR) is 107 cm³/mol. The topological polar surface area (TPSA) is 186 Å². The van der Waals surface area contributed by atoms with E-state index in [4.69, 9.17) is 14.0 Å². The average Bonchev–Trinajstić information content (AvgIpc) is 3.43. The van der Waals surface area contributed by atoms with Gasteiger partial charge in [0.1, 0.15) is 19.8 Å². The van der Waals surface area contributed by atoms with Gasteiger partial charge < -0.3 is 37.8 Å². The molecule has 1 aliphatic carbocycles. The van der Waals surface area contributed by atoms with E-state index in [0.29, 0.717) is 0 Å². The number of aromatic amines is 1. The molecular weight excluding hydrogens is 466 g/mol. The van der Waals surface area contributed by atoms with Crippen molar-refractivity contribution >= 4 is 15.2 Å². The lowest BCUT2D eigenvalue weighted by molar-refractivity contribution is -0.313. The monoisotopic (exact) mass is 493 g/mol. The van der Waals surface area contributed by atoms with E-state index < -0.39 is 62.8 Å². The number of nitrogens with one attached hydrogen (secondary N) is 1. The molecule has 2 aliphatic rings. The van der Waals surface area contributed by atoms with Gasteiger partial charge in [0.15, 0.2) is 6.23 Å². The molecule has 0 spiro atoms. The molecule has 3 rings (SSSR count). The highest BCUT2D eigenvalue weighted by atomic mass is 31.2. The quantitative estimate of drug-likeness (QED) is 0.404. The number of aromatic nitrogens is 2. The fraction of sp³-hybridized carbons (Fsp3) is 0.778. The lowest BCUT2D eigenvalue weighted by Gasteiger charge is -2.35. The third-order valence-electron chi connectivity index (χ3n) is 5.52. The minimum absolute atomic E-state index is 0.204. The van der Waals surface area contributed by atoms with E-state index >= 15 is 0 Å². The minimum Gasteiger partial charge on any atom is -0.811 e. The summed E-state index contributed by atoms with van der Waals surface area (Å²) in [6.45, 7) is 4.59. The lowest BCUT2D eigenvalue weighted by Crippen LogP contribution is -2.41. The van der Waals surface area contributed by atoms with Gasteiger partial charge in [-0.2, -0.15) is 0 Å². The Morgan fingerprint density at radius 1 is 1.22 bits per heavy atom. The van der Waals surface area contributed by atoms with Gasteiger partial charge in [0.05, 0.1) is 12.7 Å². The number of H-pyrrole nitrogens is 1. The molecule has 1 aliphatic heterocycles.